The van der Waals surface area contributed by atoms with Crippen molar-refractivity contribution >= 4 is 21.9 Å². The third-order valence-electron chi connectivity index (χ3n) is 3.07. The van der Waals surface area contributed by atoms with Gasteiger partial charge in [0, 0.05) is 4.47 Å². The molecule has 110 valence electrons. The van der Waals surface area contributed by atoms with Crippen molar-refractivity contribution in [3.05, 3.63) is 58.1 Å². The van der Waals surface area contributed by atoms with Gasteiger partial charge in [0.1, 0.15) is 11.5 Å². The maximum Gasteiger partial charge on any atom is 0.335 e. The lowest BCUT2D eigenvalue weighted by atomic mass is 9.87. The topological polar surface area (TPSA) is 46.5 Å². The number of hydrogen-bond acceptors (Lipinski definition) is 2. The molecule has 4 heteroatoms. The van der Waals surface area contributed by atoms with E-state index in [1.165, 1.54) is 17.7 Å². The van der Waals surface area contributed by atoms with Gasteiger partial charge in [-0.25, -0.2) is 4.79 Å². The minimum atomic E-state index is -0.982. The number of halogens is 1. The van der Waals surface area contributed by atoms with Gasteiger partial charge in [0.25, 0.3) is 0 Å². The van der Waals surface area contributed by atoms with Gasteiger partial charge >= 0.3 is 5.97 Å². The Morgan fingerprint density at radius 2 is 1.67 bits per heavy atom. The average molecular weight is 349 g/mol. The van der Waals surface area contributed by atoms with E-state index in [-0.39, 0.29) is 11.0 Å². The number of hydrogen-bond donors (Lipinski definition) is 1. The van der Waals surface area contributed by atoms with E-state index in [1.807, 2.05) is 24.3 Å². The molecule has 3 nitrogen and oxygen atoms in total. The first-order valence-electron chi connectivity index (χ1n) is 6.58. The van der Waals surface area contributed by atoms with E-state index >= 15 is 0 Å². The molecule has 0 amide bonds. The van der Waals surface area contributed by atoms with Crippen LogP contribution in [0.1, 0.15) is 36.7 Å². The minimum Gasteiger partial charge on any atom is -0.478 e. The molecule has 0 saturated heterocycles. The molecule has 0 aliphatic heterocycles. The summed E-state index contributed by atoms with van der Waals surface area (Å²) >= 11 is 3.29. The quantitative estimate of drug-likeness (QED) is 0.825. The predicted octanol–water partition coefficient (Wildman–Crippen LogP) is 5.24. The van der Waals surface area contributed by atoms with E-state index in [9.17, 15) is 4.79 Å². The number of carboxylic acids is 1. The molecule has 0 bridgehead atoms. The van der Waals surface area contributed by atoms with Crippen molar-refractivity contribution in [3.8, 4) is 11.5 Å². The van der Waals surface area contributed by atoms with Crippen molar-refractivity contribution in [3.63, 3.8) is 0 Å². The van der Waals surface area contributed by atoms with Gasteiger partial charge in [-0.2, -0.15) is 0 Å². The number of aromatic carboxylic acids is 1. The van der Waals surface area contributed by atoms with Crippen LogP contribution in [0.25, 0.3) is 0 Å². The van der Waals surface area contributed by atoms with Gasteiger partial charge in [0.2, 0.25) is 0 Å². The molecule has 2 aromatic rings. The smallest absolute Gasteiger partial charge is 0.335 e. The summed E-state index contributed by atoms with van der Waals surface area (Å²) in [6.07, 6.45) is 0. The van der Waals surface area contributed by atoms with Crippen LogP contribution < -0.4 is 4.74 Å². The molecule has 0 unspecified atom stereocenters. The first-order chi connectivity index (χ1) is 9.75. The monoisotopic (exact) mass is 348 g/mol. The first kappa shape index (κ1) is 15.6. The fourth-order valence-electron chi connectivity index (χ4n) is 1.90. The van der Waals surface area contributed by atoms with E-state index < -0.39 is 5.97 Å². The highest BCUT2D eigenvalue weighted by molar-refractivity contribution is 9.10. The van der Waals surface area contributed by atoms with Gasteiger partial charge in [-0.05, 0) is 41.3 Å². The van der Waals surface area contributed by atoms with Crippen molar-refractivity contribution < 1.29 is 14.6 Å². The van der Waals surface area contributed by atoms with Crippen molar-refractivity contribution in [1.82, 2.24) is 0 Å². The summed E-state index contributed by atoms with van der Waals surface area (Å²) in [6.45, 7) is 6.45. The molecular weight excluding hydrogens is 332 g/mol. The molecule has 1 N–H and O–H groups in total. The van der Waals surface area contributed by atoms with Crippen LogP contribution in [-0.2, 0) is 5.41 Å². The average Bonchev–Trinajstić information content (AvgIpc) is 2.37. The summed E-state index contributed by atoms with van der Waals surface area (Å²) in [4.78, 5) is 11.0. The van der Waals surface area contributed by atoms with Gasteiger partial charge in [0.15, 0.2) is 0 Å². The number of carbonyl (C=O) groups is 1. The van der Waals surface area contributed by atoms with Crippen LogP contribution in [0.15, 0.2) is 46.9 Å². The second-order valence-corrected chi connectivity index (χ2v) is 6.77. The van der Waals surface area contributed by atoms with E-state index in [0.29, 0.717) is 16.0 Å². The van der Waals surface area contributed by atoms with Gasteiger partial charge in [0.05, 0.1) is 5.56 Å². The largest absolute Gasteiger partial charge is 0.478 e. The Balaban J connectivity index is 2.24. The highest BCUT2D eigenvalue weighted by atomic mass is 79.9. The zero-order valence-electron chi connectivity index (χ0n) is 12.2. The molecular formula is C17H17BrO3. The molecule has 2 aromatic carbocycles. The van der Waals surface area contributed by atoms with Gasteiger partial charge in [-0.3, -0.25) is 0 Å². The van der Waals surface area contributed by atoms with Gasteiger partial charge < -0.3 is 9.84 Å². The van der Waals surface area contributed by atoms with Crippen LogP contribution >= 0.6 is 15.9 Å². The van der Waals surface area contributed by atoms with Crippen molar-refractivity contribution in [1.29, 1.82) is 0 Å². The second-order valence-electron chi connectivity index (χ2n) is 5.86. The van der Waals surface area contributed by atoms with Crippen LogP contribution in [0.4, 0.5) is 0 Å². The first-order valence-corrected chi connectivity index (χ1v) is 7.37. The molecule has 0 aromatic heterocycles. The Bertz CT molecular complexity index is 655. The van der Waals surface area contributed by atoms with E-state index in [1.54, 1.807) is 6.07 Å². The fraction of sp³-hybridized carbons (Fsp3) is 0.235. The summed E-state index contributed by atoms with van der Waals surface area (Å²) in [5.74, 6) is 0.187. The maximum absolute atomic E-state index is 11.0. The highest BCUT2D eigenvalue weighted by Crippen LogP contribution is 2.29. The minimum absolute atomic E-state index is 0.0881. The van der Waals surface area contributed by atoms with Gasteiger partial charge in [-0.1, -0.05) is 48.8 Å². The Labute approximate surface area is 132 Å². The van der Waals surface area contributed by atoms with E-state index in [0.717, 1.165) is 0 Å². The van der Waals surface area contributed by atoms with E-state index in [4.69, 9.17) is 9.84 Å². The lowest BCUT2D eigenvalue weighted by Crippen LogP contribution is -2.10. The zero-order valence-corrected chi connectivity index (χ0v) is 13.8. The summed E-state index contributed by atoms with van der Waals surface area (Å²) in [6, 6.07) is 12.6. The lowest BCUT2D eigenvalue weighted by Gasteiger charge is -2.19. The molecule has 0 aliphatic rings. The Kier molecular flexibility index (Phi) is 4.37. The summed E-state index contributed by atoms with van der Waals surface area (Å²) in [5, 5.41) is 9.05. The molecule has 0 fully saturated rings. The predicted molar refractivity (Wildman–Crippen MR) is 86.3 cm³/mol. The van der Waals surface area contributed by atoms with Crippen LogP contribution in [0.3, 0.4) is 0 Å². The van der Waals surface area contributed by atoms with Crippen LogP contribution in [-0.4, -0.2) is 11.1 Å². The lowest BCUT2D eigenvalue weighted by molar-refractivity contribution is 0.0696. The third kappa shape index (κ3) is 4.08. The summed E-state index contributed by atoms with van der Waals surface area (Å²) in [5.41, 5.74) is 1.49. The van der Waals surface area contributed by atoms with E-state index in [2.05, 4.69) is 36.7 Å². The van der Waals surface area contributed by atoms with Crippen molar-refractivity contribution in [2.45, 2.75) is 26.2 Å². The fourth-order valence-corrected chi connectivity index (χ4v) is 2.38. The highest BCUT2D eigenvalue weighted by Gasteiger charge is 2.13. The van der Waals surface area contributed by atoms with Gasteiger partial charge in [-0.15, -0.1) is 0 Å². The molecule has 2 rings (SSSR count). The molecule has 0 saturated carbocycles. The molecule has 0 atom stereocenters. The molecule has 0 spiro atoms. The molecule has 0 heterocycles. The van der Waals surface area contributed by atoms with Crippen LogP contribution in [0.5, 0.6) is 11.5 Å². The number of ether oxygens (including phenoxy) is 1. The third-order valence-corrected chi connectivity index (χ3v) is 3.53. The molecule has 0 aliphatic carbocycles. The van der Waals surface area contributed by atoms with Crippen LogP contribution in [0, 0.1) is 0 Å². The summed E-state index contributed by atoms with van der Waals surface area (Å²) < 4.78 is 6.39. The second kappa shape index (κ2) is 5.90. The standard InChI is InChI=1S/C17H17BrO3/c1-17(2,3)12-4-6-14(7-5-12)21-15-9-11(16(19)20)8-13(18)10-15/h4-10H,1-3H3,(H,19,20). The molecule has 21 heavy (non-hydrogen) atoms. The zero-order chi connectivity index (χ0) is 15.6. The maximum atomic E-state index is 11.0. The number of carboxylic acid groups (broad SMARTS) is 1. The number of rotatable bonds is 3. The SMILES string of the molecule is CC(C)(C)c1ccc(Oc2cc(Br)cc(C(=O)O)c2)cc1. The normalized spacial score (nSPS) is 11.2. The Morgan fingerprint density at radius 1 is 1.05 bits per heavy atom. The molecule has 0 radical (unpaired) electrons. The number of benzene rings is 2. The summed E-state index contributed by atoms with van der Waals surface area (Å²) in [7, 11) is 0. The van der Waals surface area contributed by atoms with Crippen molar-refractivity contribution in [2.75, 3.05) is 0 Å². The van der Waals surface area contributed by atoms with Crippen LogP contribution in [0.2, 0.25) is 0 Å². The Hall–Kier alpha value is -1.81. The van der Waals surface area contributed by atoms with Crippen molar-refractivity contribution in [2.24, 2.45) is 0 Å². The Morgan fingerprint density at radius 3 is 2.19 bits per heavy atom.